The maximum Gasteiger partial charge on any atom is 0.245 e. The zero-order valence-corrected chi connectivity index (χ0v) is 19.6. The number of rotatable bonds is 5. The number of carbonyl (C=O) groups excluding carboxylic acids is 1. The third-order valence-electron chi connectivity index (χ3n) is 6.16. The van der Waals surface area contributed by atoms with Crippen molar-refractivity contribution in [1.82, 2.24) is 4.31 Å². The lowest BCUT2D eigenvalue weighted by molar-refractivity contribution is -0.118. The maximum atomic E-state index is 13.6. The summed E-state index contributed by atoms with van der Waals surface area (Å²) < 4.78 is 29.5. The van der Waals surface area contributed by atoms with Crippen LogP contribution in [0.2, 0.25) is 0 Å². The Morgan fingerprint density at radius 2 is 1.80 bits per heavy atom. The number of halogens is 1. The summed E-state index contributed by atoms with van der Waals surface area (Å²) in [5.74, 6) is 0.458. The fourth-order valence-corrected chi connectivity index (χ4v) is 6.93. The molecule has 30 heavy (non-hydrogen) atoms. The zero-order chi connectivity index (χ0) is 21.3. The summed E-state index contributed by atoms with van der Waals surface area (Å²) >= 11 is 3.47. The van der Waals surface area contributed by atoms with E-state index >= 15 is 0 Å². The lowest BCUT2D eigenvalue weighted by atomic mass is 9.91. The molecule has 4 rings (SSSR count). The Bertz CT molecular complexity index is 1030. The minimum Gasteiger partial charge on any atom is -0.310 e. The van der Waals surface area contributed by atoms with Crippen LogP contribution in [-0.2, 0) is 27.7 Å². The van der Waals surface area contributed by atoms with Gasteiger partial charge in [-0.25, -0.2) is 8.42 Å². The molecule has 2 aromatic carbocycles. The highest BCUT2D eigenvalue weighted by molar-refractivity contribution is 9.10. The summed E-state index contributed by atoms with van der Waals surface area (Å²) in [4.78, 5) is 14.3. The molecular weight excluding hydrogens is 464 g/mol. The molecule has 0 radical (unpaired) electrons. The third-order valence-corrected chi connectivity index (χ3v) is 8.53. The molecule has 0 aromatic heterocycles. The van der Waals surface area contributed by atoms with Crippen LogP contribution in [0.15, 0.2) is 51.8 Å². The number of benzene rings is 2. The van der Waals surface area contributed by atoms with Gasteiger partial charge in [-0.1, -0.05) is 53.2 Å². The van der Waals surface area contributed by atoms with Crippen molar-refractivity contribution in [3.05, 3.63) is 58.1 Å². The highest BCUT2D eigenvalue weighted by Crippen LogP contribution is 2.39. The van der Waals surface area contributed by atoms with E-state index in [9.17, 15) is 13.2 Å². The van der Waals surface area contributed by atoms with Crippen LogP contribution in [0.4, 0.5) is 5.69 Å². The minimum atomic E-state index is -3.67. The average molecular weight is 491 g/mol. The molecule has 1 saturated heterocycles. The molecule has 0 spiro atoms. The first-order chi connectivity index (χ1) is 14.4. The van der Waals surface area contributed by atoms with Crippen molar-refractivity contribution in [2.75, 3.05) is 24.5 Å². The van der Waals surface area contributed by atoms with E-state index in [0.29, 0.717) is 44.1 Å². The van der Waals surface area contributed by atoms with E-state index in [1.807, 2.05) is 31.2 Å². The van der Waals surface area contributed by atoms with Gasteiger partial charge in [0, 0.05) is 30.5 Å². The minimum absolute atomic E-state index is 0.0332. The largest absolute Gasteiger partial charge is 0.310 e. The molecule has 1 amide bonds. The number of hydrogen-bond acceptors (Lipinski definition) is 3. The first-order valence-electron chi connectivity index (χ1n) is 10.6. The van der Waals surface area contributed by atoms with Crippen molar-refractivity contribution in [1.29, 1.82) is 0 Å². The van der Waals surface area contributed by atoms with Gasteiger partial charge in [0.25, 0.3) is 0 Å². The van der Waals surface area contributed by atoms with Gasteiger partial charge >= 0.3 is 0 Å². The SMILES string of the molecule is CCC(=O)N1CCc2cc(Br)cc(S(=O)(=O)N3CCC(Cc4ccccc4)CC3)c21. The molecule has 0 bridgehead atoms. The number of nitrogens with zero attached hydrogens (tertiary/aromatic N) is 2. The summed E-state index contributed by atoms with van der Waals surface area (Å²) in [7, 11) is -3.67. The number of amides is 1. The molecule has 0 unspecified atom stereocenters. The zero-order valence-electron chi connectivity index (χ0n) is 17.2. The summed E-state index contributed by atoms with van der Waals surface area (Å²) in [6.45, 7) is 3.39. The summed E-state index contributed by atoms with van der Waals surface area (Å²) in [6, 6.07) is 14.0. The van der Waals surface area contributed by atoms with Crippen molar-refractivity contribution in [2.24, 2.45) is 5.92 Å². The van der Waals surface area contributed by atoms with Gasteiger partial charge in [-0.2, -0.15) is 4.31 Å². The summed E-state index contributed by atoms with van der Waals surface area (Å²) in [5.41, 5.74) is 2.80. The van der Waals surface area contributed by atoms with Crippen LogP contribution < -0.4 is 4.90 Å². The normalized spacial score (nSPS) is 17.9. The number of carbonyl (C=O) groups is 1. The fourth-order valence-electron chi connectivity index (χ4n) is 4.55. The summed E-state index contributed by atoms with van der Waals surface area (Å²) in [6.07, 6.45) is 3.73. The Morgan fingerprint density at radius 3 is 2.47 bits per heavy atom. The van der Waals surface area contributed by atoms with Gasteiger partial charge < -0.3 is 4.90 Å². The van der Waals surface area contributed by atoms with Crippen LogP contribution in [0.1, 0.15) is 37.3 Å². The smallest absolute Gasteiger partial charge is 0.245 e. The van der Waals surface area contributed by atoms with Gasteiger partial charge in [-0.05, 0) is 54.9 Å². The molecule has 0 aliphatic carbocycles. The number of sulfonamides is 1. The van der Waals surface area contributed by atoms with E-state index in [1.165, 1.54) is 5.56 Å². The van der Waals surface area contributed by atoms with Gasteiger partial charge in [0.2, 0.25) is 15.9 Å². The van der Waals surface area contributed by atoms with Crippen molar-refractivity contribution in [3.8, 4) is 0 Å². The Kier molecular flexibility index (Phi) is 6.32. The molecule has 5 nitrogen and oxygen atoms in total. The average Bonchev–Trinajstić information content (AvgIpc) is 3.17. The van der Waals surface area contributed by atoms with Crippen molar-refractivity contribution in [2.45, 2.75) is 43.9 Å². The quantitative estimate of drug-likeness (QED) is 0.624. The molecule has 0 atom stereocenters. The van der Waals surface area contributed by atoms with Gasteiger partial charge in [-0.15, -0.1) is 0 Å². The molecule has 2 aliphatic rings. The maximum absolute atomic E-state index is 13.6. The molecule has 0 N–H and O–H groups in total. The van der Waals surface area contributed by atoms with E-state index in [-0.39, 0.29) is 10.8 Å². The van der Waals surface area contributed by atoms with Crippen LogP contribution in [0, 0.1) is 5.92 Å². The van der Waals surface area contributed by atoms with E-state index < -0.39 is 10.0 Å². The van der Waals surface area contributed by atoms with E-state index in [4.69, 9.17) is 0 Å². The first-order valence-corrected chi connectivity index (χ1v) is 12.8. The van der Waals surface area contributed by atoms with E-state index in [2.05, 4.69) is 28.1 Å². The topological polar surface area (TPSA) is 57.7 Å². The van der Waals surface area contributed by atoms with Gasteiger partial charge in [0.15, 0.2) is 0 Å². The predicted molar refractivity (Wildman–Crippen MR) is 122 cm³/mol. The van der Waals surface area contributed by atoms with E-state index in [1.54, 1.807) is 15.3 Å². The number of hydrogen-bond donors (Lipinski definition) is 0. The number of fused-ring (bicyclic) bond motifs is 1. The van der Waals surface area contributed by atoms with Crippen molar-refractivity contribution >= 4 is 37.5 Å². The van der Waals surface area contributed by atoms with Gasteiger partial charge in [-0.3, -0.25) is 4.79 Å². The summed E-state index contributed by atoms with van der Waals surface area (Å²) in [5, 5.41) is 0. The lowest BCUT2D eigenvalue weighted by Crippen LogP contribution is -2.39. The molecule has 2 aliphatic heterocycles. The number of piperidine rings is 1. The number of anilines is 1. The first kappa shape index (κ1) is 21.5. The highest BCUT2D eigenvalue weighted by atomic mass is 79.9. The molecule has 2 heterocycles. The fraction of sp³-hybridized carbons (Fsp3) is 0.435. The standard InChI is InChI=1S/C23H27BrN2O3S/c1-2-22(27)26-13-10-19-15-20(24)16-21(23(19)26)30(28,29)25-11-8-18(9-12-25)14-17-6-4-3-5-7-17/h3-7,15-16,18H,2,8-14H2,1H3. The van der Waals surface area contributed by atoms with Crippen molar-refractivity contribution in [3.63, 3.8) is 0 Å². The van der Waals surface area contributed by atoms with Crippen molar-refractivity contribution < 1.29 is 13.2 Å². The predicted octanol–water partition coefficient (Wildman–Crippen LogP) is 4.39. The van der Waals surface area contributed by atoms with Crippen LogP contribution in [-0.4, -0.2) is 38.3 Å². The van der Waals surface area contributed by atoms with Crippen LogP contribution in [0.5, 0.6) is 0 Å². The molecule has 0 saturated carbocycles. The van der Waals surface area contributed by atoms with Crippen LogP contribution >= 0.6 is 15.9 Å². The second kappa shape index (κ2) is 8.81. The van der Waals surface area contributed by atoms with E-state index in [0.717, 1.165) is 29.3 Å². The molecule has 1 fully saturated rings. The lowest BCUT2D eigenvalue weighted by Gasteiger charge is -2.32. The Morgan fingerprint density at radius 1 is 1.10 bits per heavy atom. The third kappa shape index (κ3) is 4.20. The molecular formula is C23H27BrN2O3S. The Labute approximate surface area is 187 Å². The van der Waals surface area contributed by atoms with Gasteiger partial charge in [0.1, 0.15) is 4.90 Å². The van der Waals surface area contributed by atoms with Crippen LogP contribution in [0.25, 0.3) is 0 Å². The van der Waals surface area contributed by atoms with Gasteiger partial charge in [0.05, 0.1) is 5.69 Å². The Balaban J connectivity index is 1.56. The molecule has 2 aromatic rings. The molecule has 7 heteroatoms. The van der Waals surface area contributed by atoms with Crippen LogP contribution in [0.3, 0.4) is 0 Å². The Hall–Kier alpha value is -1.70. The second-order valence-corrected chi connectivity index (χ2v) is 10.9. The molecule has 160 valence electrons. The highest BCUT2D eigenvalue weighted by Gasteiger charge is 2.36. The second-order valence-electron chi connectivity index (χ2n) is 8.10. The monoisotopic (exact) mass is 490 g/mol.